The van der Waals surface area contributed by atoms with Gasteiger partial charge in [0.1, 0.15) is 0 Å². The van der Waals surface area contributed by atoms with E-state index in [-0.39, 0.29) is 11.9 Å². The number of fused-ring (bicyclic) bond motifs is 2. The zero-order valence-electron chi connectivity index (χ0n) is 11.8. The standard InChI is InChI=1S/C14H25N3O2/c1-10(14(18)16-4-6-19-7-5-16)17-12-2-3-13(17)9-11(15)8-12/h10-13H,2-9,15H2,1H3. The van der Waals surface area contributed by atoms with Crippen molar-refractivity contribution in [3.8, 4) is 0 Å². The summed E-state index contributed by atoms with van der Waals surface area (Å²) in [5.41, 5.74) is 6.10. The molecule has 108 valence electrons. The van der Waals surface area contributed by atoms with Gasteiger partial charge in [-0.2, -0.15) is 0 Å². The Morgan fingerprint density at radius 1 is 1.21 bits per heavy atom. The first kappa shape index (κ1) is 13.3. The number of hydrogen-bond acceptors (Lipinski definition) is 4. The highest BCUT2D eigenvalue weighted by Gasteiger charge is 2.44. The summed E-state index contributed by atoms with van der Waals surface area (Å²) >= 11 is 0. The van der Waals surface area contributed by atoms with Gasteiger partial charge in [0.25, 0.3) is 0 Å². The van der Waals surface area contributed by atoms with Crippen LogP contribution in [-0.4, -0.2) is 66.2 Å². The van der Waals surface area contributed by atoms with Gasteiger partial charge in [0, 0.05) is 31.2 Å². The Hall–Kier alpha value is -0.650. The number of hydrogen-bond donors (Lipinski definition) is 1. The number of carbonyl (C=O) groups is 1. The van der Waals surface area contributed by atoms with Crippen molar-refractivity contribution in [3.05, 3.63) is 0 Å². The molecule has 3 saturated heterocycles. The number of nitrogens with two attached hydrogens (primary N) is 1. The quantitative estimate of drug-likeness (QED) is 0.776. The van der Waals surface area contributed by atoms with Crippen molar-refractivity contribution in [2.75, 3.05) is 26.3 Å². The molecule has 3 aliphatic rings. The highest BCUT2D eigenvalue weighted by atomic mass is 16.5. The normalized spacial score (nSPS) is 37.4. The van der Waals surface area contributed by atoms with Crippen molar-refractivity contribution in [2.45, 2.75) is 56.8 Å². The molecule has 0 aromatic carbocycles. The monoisotopic (exact) mass is 267 g/mol. The number of ether oxygens (including phenoxy) is 1. The zero-order valence-corrected chi connectivity index (χ0v) is 11.8. The van der Waals surface area contributed by atoms with E-state index in [1.54, 1.807) is 0 Å². The molecule has 3 rings (SSSR count). The fourth-order valence-corrected chi connectivity index (χ4v) is 4.06. The molecular weight excluding hydrogens is 242 g/mol. The molecule has 0 saturated carbocycles. The lowest BCUT2D eigenvalue weighted by Crippen LogP contribution is -2.57. The number of rotatable bonds is 2. The SMILES string of the molecule is CC(C(=O)N1CCOCC1)N1C2CCC1CC(N)C2. The molecule has 0 aliphatic carbocycles. The van der Waals surface area contributed by atoms with Crippen LogP contribution in [0.15, 0.2) is 0 Å². The van der Waals surface area contributed by atoms with Crippen LogP contribution >= 0.6 is 0 Å². The second-order valence-electron chi connectivity index (χ2n) is 6.18. The first-order valence-electron chi connectivity index (χ1n) is 7.56. The first-order valence-corrected chi connectivity index (χ1v) is 7.56. The Morgan fingerprint density at radius 3 is 2.37 bits per heavy atom. The minimum Gasteiger partial charge on any atom is -0.378 e. The summed E-state index contributed by atoms with van der Waals surface area (Å²) in [7, 11) is 0. The molecule has 0 radical (unpaired) electrons. The Balaban J connectivity index is 1.66. The third-order valence-corrected chi connectivity index (χ3v) is 4.95. The van der Waals surface area contributed by atoms with E-state index >= 15 is 0 Å². The molecule has 0 aromatic heterocycles. The van der Waals surface area contributed by atoms with Gasteiger partial charge in [0.05, 0.1) is 19.3 Å². The lowest BCUT2D eigenvalue weighted by molar-refractivity contribution is -0.142. The van der Waals surface area contributed by atoms with Crippen LogP contribution in [0.3, 0.4) is 0 Å². The maximum atomic E-state index is 12.6. The van der Waals surface area contributed by atoms with Crippen LogP contribution in [0.1, 0.15) is 32.6 Å². The average molecular weight is 267 g/mol. The molecule has 2 N–H and O–H groups in total. The number of carbonyl (C=O) groups excluding carboxylic acids is 1. The van der Waals surface area contributed by atoms with Gasteiger partial charge in [-0.1, -0.05) is 0 Å². The van der Waals surface area contributed by atoms with Crippen molar-refractivity contribution in [1.29, 1.82) is 0 Å². The van der Waals surface area contributed by atoms with Crippen molar-refractivity contribution >= 4 is 5.91 Å². The van der Waals surface area contributed by atoms with E-state index in [0.717, 1.165) is 25.9 Å². The Morgan fingerprint density at radius 2 is 1.79 bits per heavy atom. The number of piperidine rings is 1. The molecule has 0 spiro atoms. The minimum absolute atomic E-state index is 0.00287. The van der Waals surface area contributed by atoms with E-state index < -0.39 is 0 Å². The number of morpholine rings is 1. The first-order chi connectivity index (χ1) is 9.16. The number of nitrogens with zero attached hydrogens (tertiary/aromatic N) is 2. The average Bonchev–Trinajstić information content (AvgIpc) is 2.70. The molecule has 5 heteroatoms. The predicted molar refractivity (Wildman–Crippen MR) is 72.7 cm³/mol. The fraction of sp³-hybridized carbons (Fsp3) is 0.929. The van der Waals surface area contributed by atoms with Crippen molar-refractivity contribution in [2.24, 2.45) is 5.73 Å². The summed E-state index contributed by atoms with van der Waals surface area (Å²) in [6, 6.07) is 1.38. The van der Waals surface area contributed by atoms with E-state index in [1.807, 2.05) is 4.90 Å². The van der Waals surface area contributed by atoms with Gasteiger partial charge in [-0.15, -0.1) is 0 Å². The Kier molecular flexibility index (Phi) is 3.78. The summed E-state index contributed by atoms with van der Waals surface area (Å²) < 4.78 is 5.32. The van der Waals surface area contributed by atoms with Gasteiger partial charge in [0.2, 0.25) is 5.91 Å². The van der Waals surface area contributed by atoms with E-state index in [2.05, 4.69) is 11.8 Å². The molecule has 5 nitrogen and oxygen atoms in total. The highest BCUT2D eigenvalue weighted by Crippen LogP contribution is 2.36. The number of amides is 1. The second-order valence-corrected chi connectivity index (χ2v) is 6.18. The third kappa shape index (κ3) is 2.51. The zero-order chi connectivity index (χ0) is 13.4. The van der Waals surface area contributed by atoms with Crippen molar-refractivity contribution in [3.63, 3.8) is 0 Å². The molecule has 0 aromatic rings. The van der Waals surface area contributed by atoms with E-state index in [4.69, 9.17) is 10.5 Å². The van der Waals surface area contributed by atoms with Gasteiger partial charge < -0.3 is 15.4 Å². The van der Waals surface area contributed by atoms with E-state index in [0.29, 0.717) is 31.3 Å². The Labute approximate surface area is 115 Å². The lowest BCUT2D eigenvalue weighted by atomic mass is 9.96. The maximum absolute atomic E-state index is 12.6. The van der Waals surface area contributed by atoms with Crippen LogP contribution in [0.4, 0.5) is 0 Å². The maximum Gasteiger partial charge on any atom is 0.239 e. The molecule has 2 bridgehead atoms. The summed E-state index contributed by atoms with van der Waals surface area (Å²) in [4.78, 5) is 17.0. The summed E-state index contributed by atoms with van der Waals surface area (Å²) in [6.07, 6.45) is 4.52. The van der Waals surface area contributed by atoms with Gasteiger partial charge in [-0.25, -0.2) is 0 Å². The summed E-state index contributed by atoms with van der Waals surface area (Å²) in [5.74, 6) is 0.274. The van der Waals surface area contributed by atoms with Gasteiger partial charge in [-0.3, -0.25) is 9.69 Å². The minimum atomic E-state index is 0.00287. The molecule has 19 heavy (non-hydrogen) atoms. The van der Waals surface area contributed by atoms with Crippen LogP contribution in [0.2, 0.25) is 0 Å². The molecule has 3 aliphatic heterocycles. The lowest BCUT2D eigenvalue weighted by Gasteiger charge is -2.42. The molecule has 3 heterocycles. The molecular formula is C14H25N3O2. The molecule has 3 fully saturated rings. The summed E-state index contributed by atoms with van der Waals surface area (Å²) in [5, 5.41) is 0. The predicted octanol–water partition coefficient (Wildman–Crippen LogP) is 0.188. The second kappa shape index (κ2) is 5.38. The molecule has 1 amide bonds. The fourth-order valence-electron chi connectivity index (χ4n) is 4.06. The third-order valence-electron chi connectivity index (χ3n) is 4.95. The van der Waals surface area contributed by atoms with Crippen LogP contribution < -0.4 is 5.73 Å². The van der Waals surface area contributed by atoms with E-state index in [1.165, 1.54) is 12.8 Å². The van der Waals surface area contributed by atoms with Crippen LogP contribution in [0.25, 0.3) is 0 Å². The molecule has 3 unspecified atom stereocenters. The van der Waals surface area contributed by atoms with Gasteiger partial charge in [0.15, 0.2) is 0 Å². The van der Waals surface area contributed by atoms with Crippen molar-refractivity contribution in [1.82, 2.24) is 9.80 Å². The van der Waals surface area contributed by atoms with Crippen molar-refractivity contribution < 1.29 is 9.53 Å². The largest absolute Gasteiger partial charge is 0.378 e. The van der Waals surface area contributed by atoms with Gasteiger partial charge >= 0.3 is 0 Å². The van der Waals surface area contributed by atoms with Crippen LogP contribution in [0.5, 0.6) is 0 Å². The molecule has 3 atom stereocenters. The van der Waals surface area contributed by atoms with Gasteiger partial charge in [-0.05, 0) is 32.6 Å². The van der Waals surface area contributed by atoms with Crippen LogP contribution in [0, 0.1) is 0 Å². The smallest absolute Gasteiger partial charge is 0.239 e. The van der Waals surface area contributed by atoms with Crippen LogP contribution in [-0.2, 0) is 9.53 Å². The highest BCUT2D eigenvalue weighted by molar-refractivity contribution is 5.81. The van der Waals surface area contributed by atoms with E-state index in [9.17, 15) is 4.79 Å². The Bertz CT molecular complexity index is 330. The topological polar surface area (TPSA) is 58.8 Å². The summed E-state index contributed by atoms with van der Waals surface area (Å²) in [6.45, 7) is 4.91.